The van der Waals surface area contributed by atoms with Crippen molar-refractivity contribution < 1.29 is 13.2 Å². The first-order valence-electron chi connectivity index (χ1n) is 13.4. The zero-order chi connectivity index (χ0) is 26.3. The first kappa shape index (κ1) is 24.8. The van der Waals surface area contributed by atoms with Crippen LogP contribution in [-0.2, 0) is 21.2 Å². The van der Waals surface area contributed by atoms with Gasteiger partial charge in [-0.2, -0.15) is 0 Å². The van der Waals surface area contributed by atoms with E-state index < -0.39 is 15.9 Å². The Hall–Kier alpha value is -3.52. The molecule has 6 rings (SSSR count). The van der Waals surface area contributed by atoms with Crippen molar-refractivity contribution in [2.24, 2.45) is 5.92 Å². The molecule has 2 aliphatic carbocycles. The number of aromatic nitrogens is 3. The number of carbonyl (C=O) groups excluding carboxylic acids is 1. The second-order valence-electron chi connectivity index (χ2n) is 10.8. The molecule has 0 radical (unpaired) electrons. The van der Waals surface area contributed by atoms with E-state index in [9.17, 15) is 13.2 Å². The monoisotopic (exact) mass is 528 g/mol. The van der Waals surface area contributed by atoms with Crippen LogP contribution in [0.15, 0.2) is 66.0 Å². The fraction of sp³-hybridized carbons (Fsp3) is 0.367. The summed E-state index contributed by atoms with van der Waals surface area (Å²) >= 11 is 0. The van der Waals surface area contributed by atoms with E-state index in [2.05, 4.69) is 43.9 Å². The van der Waals surface area contributed by atoms with Gasteiger partial charge in [0.1, 0.15) is 0 Å². The van der Waals surface area contributed by atoms with Gasteiger partial charge in [0.15, 0.2) is 5.65 Å². The summed E-state index contributed by atoms with van der Waals surface area (Å²) < 4.78 is 28.1. The lowest BCUT2D eigenvalue weighted by atomic mass is 9.75. The summed E-state index contributed by atoms with van der Waals surface area (Å²) in [4.78, 5) is 25.5. The fourth-order valence-corrected chi connectivity index (χ4v) is 6.84. The molecule has 2 aliphatic rings. The average molecular weight is 529 g/mol. The minimum absolute atomic E-state index is 0.00622. The normalized spacial score (nSPS) is 19.9. The molecule has 2 fully saturated rings. The van der Waals surface area contributed by atoms with Crippen LogP contribution in [0.1, 0.15) is 78.2 Å². The number of amides is 1. The van der Waals surface area contributed by atoms with E-state index in [1.54, 1.807) is 18.5 Å². The van der Waals surface area contributed by atoms with Crippen molar-refractivity contribution >= 4 is 27.1 Å². The number of pyridine rings is 1. The summed E-state index contributed by atoms with van der Waals surface area (Å²) in [6.07, 6.45) is 10.4. The Kier molecular flexibility index (Phi) is 6.51. The van der Waals surface area contributed by atoms with Gasteiger partial charge in [0, 0.05) is 12.1 Å². The summed E-state index contributed by atoms with van der Waals surface area (Å²) in [5, 5.41) is 0. The molecule has 196 valence electrons. The summed E-state index contributed by atoms with van der Waals surface area (Å²) in [5.41, 5.74) is 7.58. The van der Waals surface area contributed by atoms with Crippen LogP contribution >= 0.6 is 0 Å². The second-order valence-corrected chi connectivity index (χ2v) is 12.4. The lowest BCUT2D eigenvalue weighted by Crippen LogP contribution is -2.39. The highest BCUT2D eigenvalue weighted by molar-refractivity contribution is 7.90. The lowest BCUT2D eigenvalue weighted by molar-refractivity contribution is -0.124. The van der Waals surface area contributed by atoms with Crippen molar-refractivity contribution in [3.8, 4) is 0 Å². The smallest absolute Gasteiger partial charge is 0.264 e. The maximum absolute atomic E-state index is 13.2. The number of aryl methyl sites for hydroxylation is 1. The maximum atomic E-state index is 13.2. The van der Waals surface area contributed by atoms with Crippen LogP contribution in [0, 0.1) is 12.8 Å². The van der Waals surface area contributed by atoms with E-state index >= 15 is 0 Å². The SMILES string of the molecule is Cc1ccc(S(=O)(=O)NC(=O)C2CCCCC2c2ccc(Cc3c(C4CC4)cnc4nc[nH]c34)cc2)cc1. The van der Waals surface area contributed by atoms with Crippen LogP contribution in [0.4, 0.5) is 0 Å². The molecule has 0 bridgehead atoms. The molecule has 0 aliphatic heterocycles. The number of H-pyrrole nitrogens is 1. The number of aromatic amines is 1. The molecule has 7 nitrogen and oxygen atoms in total. The first-order chi connectivity index (χ1) is 18.4. The van der Waals surface area contributed by atoms with E-state index in [1.807, 2.05) is 13.1 Å². The molecule has 8 heteroatoms. The molecule has 2 aromatic heterocycles. The average Bonchev–Trinajstić information content (AvgIpc) is 3.65. The van der Waals surface area contributed by atoms with Crippen molar-refractivity contribution in [2.45, 2.75) is 68.6 Å². The van der Waals surface area contributed by atoms with Gasteiger partial charge in [-0.3, -0.25) is 4.79 Å². The fourth-order valence-electron chi connectivity index (χ4n) is 5.81. The third-order valence-corrected chi connectivity index (χ3v) is 9.43. The molecule has 4 aromatic rings. The van der Waals surface area contributed by atoms with E-state index in [0.717, 1.165) is 48.0 Å². The third-order valence-electron chi connectivity index (χ3n) is 8.07. The van der Waals surface area contributed by atoms with Gasteiger partial charge in [-0.05, 0) is 85.3 Å². The van der Waals surface area contributed by atoms with Crippen LogP contribution < -0.4 is 4.72 Å². The number of hydrogen-bond donors (Lipinski definition) is 2. The van der Waals surface area contributed by atoms with E-state index in [-0.39, 0.29) is 16.7 Å². The number of carbonyl (C=O) groups is 1. The molecule has 2 N–H and O–H groups in total. The molecular formula is C30H32N4O3S. The topological polar surface area (TPSA) is 105 Å². The van der Waals surface area contributed by atoms with Gasteiger partial charge in [-0.25, -0.2) is 23.1 Å². The highest BCUT2D eigenvalue weighted by atomic mass is 32.2. The largest absolute Gasteiger partial charge is 0.343 e. The van der Waals surface area contributed by atoms with Gasteiger partial charge in [-0.1, -0.05) is 54.8 Å². The number of imidazole rings is 1. The summed E-state index contributed by atoms with van der Waals surface area (Å²) in [6.45, 7) is 1.90. The van der Waals surface area contributed by atoms with Crippen LogP contribution in [-0.4, -0.2) is 29.3 Å². The van der Waals surface area contributed by atoms with Crippen LogP contribution in [0.3, 0.4) is 0 Å². The molecular weight excluding hydrogens is 496 g/mol. The Morgan fingerprint density at radius 2 is 1.71 bits per heavy atom. The number of fused-ring (bicyclic) bond motifs is 1. The molecule has 38 heavy (non-hydrogen) atoms. The van der Waals surface area contributed by atoms with Crippen molar-refractivity contribution in [2.75, 3.05) is 0 Å². The number of hydrogen-bond acceptors (Lipinski definition) is 5. The van der Waals surface area contributed by atoms with E-state index in [4.69, 9.17) is 0 Å². The van der Waals surface area contributed by atoms with Crippen LogP contribution in [0.5, 0.6) is 0 Å². The summed E-state index contributed by atoms with van der Waals surface area (Å²) in [6, 6.07) is 15.1. The van der Waals surface area contributed by atoms with E-state index in [1.165, 1.54) is 41.7 Å². The first-order valence-corrected chi connectivity index (χ1v) is 14.9. The molecule has 2 saturated carbocycles. The summed E-state index contributed by atoms with van der Waals surface area (Å²) in [7, 11) is -3.90. The van der Waals surface area contributed by atoms with Gasteiger partial charge in [0.2, 0.25) is 5.91 Å². The minimum Gasteiger partial charge on any atom is -0.343 e. The molecule has 2 aromatic carbocycles. The van der Waals surface area contributed by atoms with Gasteiger partial charge in [-0.15, -0.1) is 0 Å². The Morgan fingerprint density at radius 1 is 0.974 bits per heavy atom. The van der Waals surface area contributed by atoms with Crippen molar-refractivity contribution in [1.29, 1.82) is 0 Å². The Morgan fingerprint density at radius 3 is 2.45 bits per heavy atom. The Balaban J connectivity index is 1.21. The standard InChI is InChI=1S/C30H32N4O3S/c1-19-6-14-23(15-7-19)38(36,37)34-30(35)25-5-3-2-4-24(25)21-10-8-20(9-11-21)16-26-27(22-12-13-22)17-31-29-28(26)32-18-33-29/h6-11,14-15,17-18,22,24-25H,2-5,12-13,16H2,1H3,(H,34,35)(H,31,32,33). The molecule has 0 saturated heterocycles. The van der Waals surface area contributed by atoms with Crippen molar-refractivity contribution in [3.63, 3.8) is 0 Å². The lowest BCUT2D eigenvalue weighted by Gasteiger charge is -2.31. The highest BCUT2D eigenvalue weighted by Crippen LogP contribution is 2.43. The zero-order valence-electron chi connectivity index (χ0n) is 21.5. The quantitative estimate of drug-likeness (QED) is 0.329. The number of rotatable bonds is 7. The molecule has 2 atom stereocenters. The van der Waals surface area contributed by atoms with Crippen LogP contribution in [0.2, 0.25) is 0 Å². The summed E-state index contributed by atoms with van der Waals surface area (Å²) in [5.74, 6) is -0.205. The number of nitrogens with zero attached hydrogens (tertiary/aromatic N) is 2. The zero-order valence-corrected chi connectivity index (χ0v) is 22.3. The Bertz CT molecular complexity index is 1570. The molecule has 1 amide bonds. The Labute approximate surface area is 223 Å². The molecule has 2 heterocycles. The van der Waals surface area contributed by atoms with Crippen LogP contribution in [0.25, 0.3) is 11.2 Å². The van der Waals surface area contributed by atoms with Gasteiger partial charge in [0.25, 0.3) is 10.0 Å². The van der Waals surface area contributed by atoms with Crippen molar-refractivity contribution in [1.82, 2.24) is 19.7 Å². The second kappa shape index (κ2) is 9.98. The van der Waals surface area contributed by atoms with Crippen molar-refractivity contribution in [3.05, 3.63) is 88.9 Å². The molecule has 2 unspecified atom stereocenters. The number of sulfonamides is 1. The number of benzene rings is 2. The number of nitrogens with one attached hydrogen (secondary N) is 2. The van der Waals surface area contributed by atoms with Gasteiger partial charge in [0.05, 0.1) is 16.7 Å². The van der Waals surface area contributed by atoms with E-state index in [0.29, 0.717) is 12.3 Å². The predicted molar refractivity (Wildman–Crippen MR) is 146 cm³/mol. The third kappa shape index (κ3) is 4.97. The maximum Gasteiger partial charge on any atom is 0.264 e. The van der Waals surface area contributed by atoms with Gasteiger partial charge >= 0.3 is 0 Å². The molecule has 0 spiro atoms. The minimum atomic E-state index is -3.90. The predicted octanol–water partition coefficient (Wildman–Crippen LogP) is 5.51. The van der Waals surface area contributed by atoms with Gasteiger partial charge < -0.3 is 4.98 Å². The highest BCUT2D eigenvalue weighted by Gasteiger charge is 2.34.